The zero-order chi connectivity index (χ0) is 19.6. The first-order valence-corrected chi connectivity index (χ1v) is 9.76. The molecule has 4 fully saturated rings. The van der Waals surface area contributed by atoms with Crippen LogP contribution in [0.5, 0.6) is 0 Å². The van der Waals surface area contributed by atoms with Gasteiger partial charge in [0.15, 0.2) is 5.82 Å². The number of carbonyl (C=O) groups is 1. The molecule has 5 rings (SSSR count). The SMILES string of the molecule is Cn1nnnc1CN1C[C@H]2[C@H](O)[C@@H]3CC(C(=O)N4CCC(F)(F)C4)[C@@H](O3)[C@H]2C1. The number of alkyl halides is 2. The van der Waals surface area contributed by atoms with Gasteiger partial charge in [0.05, 0.1) is 37.3 Å². The summed E-state index contributed by atoms with van der Waals surface area (Å²) in [6, 6.07) is 0. The lowest BCUT2D eigenvalue weighted by Crippen LogP contribution is -2.47. The number of nitrogens with zero attached hydrogens (tertiary/aromatic N) is 6. The van der Waals surface area contributed by atoms with Crippen molar-refractivity contribution < 1.29 is 23.4 Å². The Morgan fingerprint density at radius 2 is 2.14 bits per heavy atom. The Labute approximate surface area is 160 Å². The third-order valence-electron chi connectivity index (χ3n) is 6.82. The Morgan fingerprint density at radius 1 is 1.36 bits per heavy atom. The normalized spacial score (nSPS) is 39.5. The molecule has 154 valence electrons. The number of likely N-dealkylation sites (tertiary alicyclic amines) is 2. The molecule has 1 amide bonds. The van der Waals surface area contributed by atoms with E-state index in [1.165, 1.54) is 4.90 Å². The standard InChI is InChI=1S/C17H24F2N6O3/c1-23-13(20-21-22-23)7-24-5-10-11(6-24)15-9(4-12(28-15)14(10)26)16(27)25-3-2-17(18,19)8-25/h9-12,14-15,26H,2-8H2,1H3/t9?,10-,11+,12+,14+,15-/m1/s1. The summed E-state index contributed by atoms with van der Waals surface area (Å²) in [7, 11) is 1.78. The van der Waals surface area contributed by atoms with Crippen LogP contribution in [-0.4, -0.2) is 91.4 Å². The number of aliphatic hydroxyl groups is 1. The maximum Gasteiger partial charge on any atom is 0.267 e. The molecule has 1 aromatic heterocycles. The van der Waals surface area contributed by atoms with Gasteiger partial charge in [0, 0.05) is 44.9 Å². The molecule has 0 radical (unpaired) electrons. The number of rotatable bonds is 3. The molecule has 6 atom stereocenters. The summed E-state index contributed by atoms with van der Waals surface area (Å²) in [5.41, 5.74) is 0. The van der Waals surface area contributed by atoms with Crippen LogP contribution in [0.2, 0.25) is 0 Å². The van der Waals surface area contributed by atoms with E-state index in [4.69, 9.17) is 4.74 Å². The van der Waals surface area contributed by atoms with E-state index in [0.29, 0.717) is 26.1 Å². The first-order valence-electron chi connectivity index (χ1n) is 9.76. The van der Waals surface area contributed by atoms with Crippen LogP contribution in [0, 0.1) is 17.8 Å². The molecular weight excluding hydrogens is 374 g/mol. The smallest absolute Gasteiger partial charge is 0.267 e. The molecule has 0 aromatic carbocycles. The molecule has 4 aliphatic heterocycles. The Balaban J connectivity index is 1.31. The summed E-state index contributed by atoms with van der Waals surface area (Å²) in [6.45, 7) is 1.46. The van der Waals surface area contributed by atoms with E-state index in [2.05, 4.69) is 20.4 Å². The van der Waals surface area contributed by atoms with Crippen LogP contribution in [0.15, 0.2) is 0 Å². The summed E-state index contributed by atoms with van der Waals surface area (Å²) in [5.74, 6) is -2.80. The lowest BCUT2D eigenvalue weighted by molar-refractivity contribution is -0.147. The van der Waals surface area contributed by atoms with E-state index in [-0.39, 0.29) is 36.8 Å². The molecule has 5 heterocycles. The number of ether oxygens (including phenoxy) is 1. The highest BCUT2D eigenvalue weighted by Gasteiger charge is 2.59. The maximum atomic E-state index is 13.6. The molecule has 0 saturated carbocycles. The molecule has 0 aliphatic carbocycles. The molecule has 4 aliphatic rings. The molecule has 1 unspecified atom stereocenters. The molecule has 0 spiro atoms. The lowest BCUT2D eigenvalue weighted by Gasteiger charge is -2.36. The van der Waals surface area contributed by atoms with Gasteiger partial charge < -0.3 is 14.7 Å². The van der Waals surface area contributed by atoms with Gasteiger partial charge in [-0.15, -0.1) is 5.10 Å². The van der Waals surface area contributed by atoms with E-state index in [1.807, 2.05) is 0 Å². The highest BCUT2D eigenvalue weighted by atomic mass is 19.3. The Morgan fingerprint density at radius 3 is 2.82 bits per heavy atom. The molecule has 11 heteroatoms. The van der Waals surface area contributed by atoms with Gasteiger partial charge in [-0.1, -0.05) is 0 Å². The van der Waals surface area contributed by atoms with Crippen LogP contribution >= 0.6 is 0 Å². The van der Waals surface area contributed by atoms with Crippen molar-refractivity contribution in [1.29, 1.82) is 0 Å². The van der Waals surface area contributed by atoms with Crippen molar-refractivity contribution in [1.82, 2.24) is 30.0 Å². The molecule has 2 bridgehead atoms. The van der Waals surface area contributed by atoms with Gasteiger partial charge >= 0.3 is 0 Å². The van der Waals surface area contributed by atoms with Gasteiger partial charge in [0.2, 0.25) is 5.91 Å². The van der Waals surface area contributed by atoms with Crippen LogP contribution in [0.1, 0.15) is 18.7 Å². The van der Waals surface area contributed by atoms with Gasteiger partial charge in [-0.3, -0.25) is 9.69 Å². The van der Waals surface area contributed by atoms with Crippen molar-refractivity contribution >= 4 is 5.91 Å². The zero-order valence-electron chi connectivity index (χ0n) is 15.6. The molecular formula is C17H24F2N6O3. The number of hydrogen-bond acceptors (Lipinski definition) is 7. The average molecular weight is 398 g/mol. The van der Waals surface area contributed by atoms with E-state index in [1.54, 1.807) is 11.7 Å². The van der Waals surface area contributed by atoms with Crippen molar-refractivity contribution in [3.05, 3.63) is 5.82 Å². The summed E-state index contributed by atoms with van der Waals surface area (Å²) in [4.78, 5) is 16.4. The monoisotopic (exact) mass is 398 g/mol. The number of fused-ring (bicyclic) bond motifs is 4. The number of amides is 1. The fourth-order valence-electron chi connectivity index (χ4n) is 5.39. The van der Waals surface area contributed by atoms with Crippen molar-refractivity contribution in [3.8, 4) is 0 Å². The highest BCUT2D eigenvalue weighted by molar-refractivity contribution is 5.80. The second-order valence-corrected chi connectivity index (χ2v) is 8.58. The van der Waals surface area contributed by atoms with E-state index < -0.39 is 30.6 Å². The molecule has 4 saturated heterocycles. The summed E-state index contributed by atoms with van der Waals surface area (Å²) >= 11 is 0. The topological polar surface area (TPSA) is 96.6 Å². The number of tetrazole rings is 1. The Hall–Kier alpha value is -1.72. The van der Waals surface area contributed by atoms with Crippen LogP contribution in [0.25, 0.3) is 0 Å². The second kappa shape index (κ2) is 6.39. The Bertz CT molecular complexity index is 776. The number of hydrogen-bond donors (Lipinski definition) is 1. The molecule has 28 heavy (non-hydrogen) atoms. The van der Waals surface area contributed by atoms with Gasteiger partial charge in [0.25, 0.3) is 5.92 Å². The molecule has 9 nitrogen and oxygen atoms in total. The first kappa shape index (κ1) is 18.3. The van der Waals surface area contributed by atoms with Crippen LogP contribution < -0.4 is 0 Å². The summed E-state index contributed by atoms with van der Waals surface area (Å²) in [5, 5.41) is 22.3. The minimum Gasteiger partial charge on any atom is -0.390 e. The summed E-state index contributed by atoms with van der Waals surface area (Å²) < 4.78 is 34.8. The maximum absolute atomic E-state index is 13.6. The first-order chi connectivity index (χ1) is 13.3. The largest absolute Gasteiger partial charge is 0.390 e. The lowest BCUT2D eigenvalue weighted by atomic mass is 9.83. The number of carbonyl (C=O) groups excluding carboxylic acids is 1. The second-order valence-electron chi connectivity index (χ2n) is 8.58. The van der Waals surface area contributed by atoms with Gasteiger partial charge in [-0.25, -0.2) is 13.5 Å². The van der Waals surface area contributed by atoms with Gasteiger partial charge in [-0.2, -0.15) is 0 Å². The van der Waals surface area contributed by atoms with E-state index >= 15 is 0 Å². The highest BCUT2D eigenvalue weighted by Crippen LogP contribution is 2.48. The fourth-order valence-corrected chi connectivity index (χ4v) is 5.39. The van der Waals surface area contributed by atoms with Crippen molar-refractivity contribution in [2.45, 2.75) is 43.6 Å². The van der Waals surface area contributed by atoms with Crippen LogP contribution in [-0.2, 0) is 23.1 Å². The molecule has 1 N–H and O–H groups in total. The third kappa shape index (κ3) is 2.91. The Kier molecular flexibility index (Phi) is 4.18. The van der Waals surface area contributed by atoms with E-state index in [0.717, 1.165) is 5.82 Å². The van der Waals surface area contributed by atoms with E-state index in [9.17, 15) is 18.7 Å². The molecule has 1 aromatic rings. The number of aromatic nitrogens is 4. The fraction of sp³-hybridized carbons (Fsp3) is 0.882. The van der Waals surface area contributed by atoms with Crippen molar-refractivity contribution in [3.63, 3.8) is 0 Å². The van der Waals surface area contributed by atoms with Crippen molar-refractivity contribution in [2.24, 2.45) is 24.8 Å². The zero-order valence-corrected chi connectivity index (χ0v) is 15.6. The summed E-state index contributed by atoms with van der Waals surface area (Å²) in [6.07, 6.45) is -1.26. The van der Waals surface area contributed by atoms with Crippen LogP contribution in [0.3, 0.4) is 0 Å². The number of aryl methyl sites for hydroxylation is 1. The number of halogens is 2. The van der Waals surface area contributed by atoms with Gasteiger partial charge in [0.1, 0.15) is 0 Å². The van der Waals surface area contributed by atoms with Gasteiger partial charge in [-0.05, 0) is 16.8 Å². The predicted octanol–water partition coefficient (Wildman–Crippen LogP) is -0.726. The third-order valence-corrected chi connectivity index (χ3v) is 6.82. The number of aliphatic hydroxyl groups excluding tert-OH is 1. The quantitative estimate of drug-likeness (QED) is 0.717. The minimum atomic E-state index is -2.81. The minimum absolute atomic E-state index is 0.00255. The van der Waals surface area contributed by atoms with Crippen LogP contribution in [0.4, 0.5) is 8.78 Å². The average Bonchev–Trinajstić information content (AvgIpc) is 3.39. The van der Waals surface area contributed by atoms with Crippen molar-refractivity contribution in [2.75, 3.05) is 26.2 Å². The predicted molar refractivity (Wildman–Crippen MR) is 90.0 cm³/mol.